The van der Waals surface area contributed by atoms with Crippen molar-refractivity contribution < 1.29 is 38.1 Å². The van der Waals surface area contributed by atoms with Gasteiger partial charge in [0.05, 0.1) is 0 Å². The average molecular weight is 1010 g/mol. The van der Waals surface area contributed by atoms with Gasteiger partial charge in [-0.15, -0.1) is 0 Å². The second-order valence-corrected chi connectivity index (χ2v) is 20.5. The zero-order chi connectivity index (χ0) is 52.1. The molecule has 0 bridgehead atoms. The normalized spacial score (nSPS) is 13.6. The van der Waals surface area contributed by atoms with E-state index in [1.165, 1.54) is 109 Å². The number of nitrogens with one attached hydrogen (secondary N) is 1. The second kappa shape index (κ2) is 52.5. The van der Waals surface area contributed by atoms with E-state index in [1.54, 1.807) is 0 Å². The smallest absolute Gasteiger partial charge is 0.407 e. The molecule has 0 saturated carbocycles. The van der Waals surface area contributed by atoms with Gasteiger partial charge < -0.3 is 29.2 Å². The standard InChI is InChI=1S/C62H110N2O8/c1-4-7-10-13-16-19-22-24-26-28-30-33-36-39-42-47-59(65)69-55-58(56-70-60(66)48-43-40-37-34-31-29-27-25-23-20-17-14-11-8-5-2)71-61(67)50-49-57(46-41-38-35-32-21-18-15-12-9-6-3)72-62(68)63-51-54-64-52-44-45-53-64/h16-17,19-20,24-27,57-58H,4-15,18,21-23,28-56H2,1-3H3,(H,63,68)/b19-16-,20-17-,26-24-,27-25-. The predicted octanol–water partition coefficient (Wildman–Crippen LogP) is 16.9. The maximum absolute atomic E-state index is 13.4. The van der Waals surface area contributed by atoms with Crippen molar-refractivity contribution in [2.75, 3.05) is 39.4 Å². The van der Waals surface area contributed by atoms with Gasteiger partial charge in [-0.1, -0.05) is 191 Å². The summed E-state index contributed by atoms with van der Waals surface area (Å²) in [6.45, 7) is 9.80. The van der Waals surface area contributed by atoms with Crippen LogP contribution in [0.2, 0.25) is 0 Å². The molecule has 72 heavy (non-hydrogen) atoms. The Morgan fingerprint density at radius 2 is 0.833 bits per heavy atom. The number of carbonyl (C=O) groups excluding carboxylic acids is 4. The van der Waals surface area contributed by atoms with E-state index in [1.807, 2.05) is 0 Å². The first-order valence-electron chi connectivity index (χ1n) is 30.1. The molecule has 416 valence electrons. The molecule has 1 aliphatic heterocycles. The quantitative estimate of drug-likeness (QED) is 0.0275. The second-order valence-electron chi connectivity index (χ2n) is 20.5. The van der Waals surface area contributed by atoms with Gasteiger partial charge in [0, 0.05) is 32.4 Å². The van der Waals surface area contributed by atoms with Crippen LogP contribution in [0.5, 0.6) is 0 Å². The minimum Gasteiger partial charge on any atom is -0.462 e. The summed E-state index contributed by atoms with van der Waals surface area (Å²) in [6.07, 6.45) is 56.6. The SMILES string of the molecule is CCCCC/C=C\C/C=C\CCCCCCCC(=O)OCC(COC(=O)CCCCCCC/C=C\C/C=C\CCCCC)OC(=O)CCC(CCCCCCCCCCCC)OC(=O)NCCN1CCCC1. The number of unbranched alkanes of at least 4 members (excludes halogenated alkanes) is 25. The molecule has 10 nitrogen and oxygen atoms in total. The van der Waals surface area contributed by atoms with Crippen molar-refractivity contribution in [3.8, 4) is 0 Å². The third-order valence-electron chi connectivity index (χ3n) is 13.5. The van der Waals surface area contributed by atoms with Crippen LogP contribution in [0.25, 0.3) is 0 Å². The van der Waals surface area contributed by atoms with Crippen molar-refractivity contribution in [1.29, 1.82) is 0 Å². The molecule has 1 saturated heterocycles. The molecular weight excluding hydrogens is 901 g/mol. The van der Waals surface area contributed by atoms with Crippen LogP contribution in [-0.2, 0) is 33.3 Å². The lowest BCUT2D eigenvalue weighted by Gasteiger charge is -2.21. The number of ether oxygens (including phenoxy) is 4. The van der Waals surface area contributed by atoms with Crippen molar-refractivity contribution in [3.05, 3.63) is 48.6 Å². The Bertz CT molecular complexity index is 1330. The lowest BCUT2D eigenvalue weighted by molar-refractivity contribution is -0.167. The van der Waals surface area contributed by atoms with Crippen molar-refractivity contribution in [2.24, 2.45) is 0 Å². The minimum absolute atomic E-state index is 0.0276. The van der Waals surface area contributed by atoms with Gasteiger partial charge >= 0.3 is 24.0 Å². The van der Waals surface area contributed by atoms with Gasteiger partial charge in [-0.05, 0) is 122 Å². The number of allylic oxidation sites excluding steroid dienone is 8. The van der Waals surface area contributed by atoms with Crippen LogP contribution in [0, 0.1) is 0 Å². The highest BCUT2D eigenvalue weighted by molar-refractivity contribution is 5.71. The molecule has 1 fully saturated rings. The highest BCUT2D eigenvalue weighted by atomic mass is 16.6. The molecule has 1 rings (SSSR count). The Morgan fingerprint density at radius 1 is 0.431 bits per heavy atom. The fourth-order valence-electron chi connectivity index (χ4n) is 8.95. The fourth-order valence-corrected chi connectivity index (χ4v) is 8.95. The van der Waals surface area contributed by atoms with Crippen molar-refractivity contribution in [1.82, 2.24) is 10.2 Å². The van der Waals surface area contributed by atoms with E-state index >= 15 is 0 Å². The molecule has 0 spiro atoms. The van der Waals surface area contributed by atoms with E-state index in [0.29, 0.717) is 19.4 Å². The van der Waals surface area contributed by atoms with Gasteiger partial charge in [0.1, 0.15) is 19.3 Å². The van der Waals surface area contributed by atoms with Gasteiger partial charge in [-0.25, -0.2) is 4.79 Å². The van der Waals surface area contributed by atoms with Crippen LogP contribution >= 0.6 is 0 Å². The molecule has 1 amide bonds. The number of alkyl carbamates (subject to hydrolysis) is 1. The number of carbonyl (C=O) groups is 4. The Morgan fingerprint density at radius 3 is 1.31 bits per heavy atom. The Labute approximate surface area is 442 Å². The fraction of sp³-hybridized carbons (Fsp3) is 0.806. The zero-order valence-electron chi connectivity index (χ0n) is 46.8. The zero-order valence-corrected chi connectivity index (χ0v) is 46.8. The van der Waals surface area contributed by atoms with Gasteiger partial charge in [0.25, 0.3) is 0 Å². The van der Waals surface area contributed by atoms with E-state index in [2.05, 4.69) is 79.6 Å². The number of amides is 1. The molecule has 0 aromatic heterocycles. The third-order valence-corrected chi connectivity index (χ3v) is 13.5. The van der Waals surface area contributed by atoms with Crippen molar-refractivity contribution in [2.45, 2.75) is 283 Å². The van der Waals surface area contributed by atoms with Crippen molar-refractivity contribution >= 4 is 24.0 Å². The molecule has 1 N–H and O–H groups in total. The summed E-state index contributed by atoms with van der Waals surface area (Å²) in [7, 11) is 0. The molecule has 0 aromatic rings. The number of rotatable bonds is 51. The van der Waals surface area contributed by atoms with Crippen LogP contribution in [-0.4, -0.2) is 80.5 Å². The number of likely N-dealkylation sites (tertiary alicyclic amines) is 1. The van der Waals surface area contributed by atoms with Gasteiger partial charge in [-0.3, -0.25) is 14.4 Å². The highest BCUT2D eigenvalue weighted by Gasteiger charge is 2.22. The highest BCUT2D eigenvalue weighted by Crippen LogP contribution is 2.18. The lowest BCUT2D eigenvalue weighted by atomic mass is 10.0. The van der Waals surface area contributed by atoms with Crippen LogP contribution in [0.4, 0.5) is 4.79 Å². The topological polar surface area (TPSA) is 120 Å². The monoisotopic (exact) mass is 1010 g/mol. The molecule has 1 aliphatic rings. The lowest BCUT2D eigenvalue weighted by Crippen LogP contribution is -2.36. The molecular formula is C62H110N2O8. The molecule has 1 unspecified atom stereocenters. The van der Waals surface area contributed by atoms with E-state index in [-0.39, 0.29) is 44.4 Å². The summed E-state index contributed by atoms with van der Waals surface area (Å²) in [6, 6.07) is 0. The van der Waals surface area contributed by atoms with Crippen LogP contribution in [0.15, 0.2) is 48.6 Å². The predicted molar refractivity (Wildman–Crippen MR) is 300 cm³/mol. The number of nitrogens with zero attached hydrogens (tertiary/aromatic N) is 1. The van der Waals surface area contributed by atoms with Crippen LogP contribution in [0.1, 0.15) is 271 Å². The first-order chi connectivity index (χ1) is 35.4. The summed E-state index contributed by atoms with van der Waals surface area (Å²) in [5.41, 5.74) is 0. The summed E-state index contributed by atoms with van der Waals surface area (Å²) >= 11 is 0. The summed E-state index contributed by atoms with van der Waals surface area (Å²) < 4.78 is 22.9. The summed E-state index contributed by atoms with van der Waals surface area (Å²) in [4.78, 5) is 54.3. The van der Waals surface area contributed by atoms with Gasteiger partial charge in [-0.2, -0.15) is 0 Å². The first kappa shape index (κ1) is 66.6. The third kappa shape index (κ3) is 46.4. The minimum atomic E-state index is -0.921. The molecule has 0 aromatic carbocycles. The summed E-state index contributed by atoms with van der Waals surface area (Å²) in [5, 5.41) is 2.91. The largest absolute Gasteiger partial charge is 0.462 e. The molecule has 1 heterocycles. The van der Waals surface area contributed by atoms with E-state index < -0.39 is 24.3 Å². The van der Waals surface area contributed by atoms with Crippen molar-refractivity contribution in [3.63, 3.8) is 0 Å². The number of hydrogen-bond donors (Lipinski definition) is 1. The molecule has 0 aliphatic carbocycles. The number of hydrogen-bond acceptors (Lipinski definition) is 9. The molecule has 10 heteroatoms. The molecule has 0 radical (unpaired) electrons. The maximum atomic E-state index is 13.4. The number of esters is 3. The van der Waals surface area contributed by atoms with E-state index in [0.717, 1.165) is 129 Å². The summed E-state index contributed by atoms with van der Waals surface area (Å²) in [5.74, 6) is -1.20. The van der Waals surface area contributed by atoms with Gasteiger partial charge in [0.15, 0.2) is 6.10 Å². The van der Waals surface area contributed by atoms with Crippen LogP contribution < -0.4 is 5.32 Å². The Balaban J connectivity index is 2.63. The van der Waals surface area contributed by atoms with E-state index in [4.69, 9.17) is 18.9 Å². The van der Waals surface area contributed by atoms with E-state index in [9.17, 15) is 19.2 Å². The first-order valence-corrected chi connectivity index (χ1v) is 30.1. The van der Waals surface area contributed by atoms with Crippen LogP contribution in [0.3, 0.4) is 0 Å². The maximum Gasteiger partial charge on any atom is 0.407 e. The van der Waals surface area contributed by atoms with Gasteiger partial charge in [0.2, 0.25) is 0 Å². The molecule has 1 atom stereocenters. The Hall–Kier alpha value is -3.40. The Kier molecular flexibility index (Phi) is 48.5. The average Bonchev–Trinajstić information content (AvgIpc) is 3.90.